The Morgan fingerprint density at radius 3 is 2.52 bits per heavy atom. The highest BCUT2D eigenvalue weighted by Gasteiger charge is 2.44. The number of aromatic nitrogens is 2. The van der Waals surface area contributed by atoms with Crippen LogP contribution in [0.1, 0.15) is 18.4 Å². The first-order valence-electron chi connectivity index (χ1n) is 8.48. The molecule has 0 aliphatic heterocycles. The van der Waals surface area contributed by atoms with Crippen molar-refractivity contribution < 1.29 is 22.8 Å². The van der Waals surface area contributed by atoms with Gasteiger partial charge in [0.25, 0.3) is 0 Å². The van der Waals surface area contributed by atoms with Crippen molar-refractivity contribution in [3.05, 3.63) is 54.4 Å². The molecule has 0 radical (unpaired) electrons. The maximum Gasteiger partial charge on any atom is 0.492 e. The third-order valence-electron chi connectivity index (χ3n) is 4.43. The van der Waals surface area contributed by atoms with Crippen LogP contribution in [0.2, 0.25) is 0 Å². The molecule has 1 aliphatic carbocycles. The minimum absolute atomic E-state index is 0.116. The van der Waals surface area contributed by atoms with Gasteiger partial charge in [-0.2, -0.15) is 13.2 Å². The van der Waals surface area contributed by atoms with Gasteiger partial charge in [0.2, 0.25) is 0 Å². The van der Waals surface area contributed by atoms with Crippen molar-refractivity contribution in [2.45, 2.75) is 31.6 Å². The molecule has 1 N–H and O–H groups in total. The Morgan fingerprint density at radius 1 is 1.15 bits per heavy atom. The maximum absolute atomic E-state index is 12.5. The van der Waals surface area contributed by atoms with Crippen LogP contribution in [0.5, 0.6) is 0 Å². The lowest BCUT2D eigenvalue weighted by Gasteiger charge is -2.21. The van der Waals surface area contributed by atoms with E-state index >= 15 is 0 Å². The molecule has 0 saturated heterocycles. The monoisotopic (exact) mass is 375 g/mol. The Kier molecular flexibility index (Phi) is 4.35. The van der Waals surface area contributed by atoms with Gasteiger partial charge in [-0.3, -0.25) is 0 Å². The highest BCUT2D eigenvalue weighted by molar-refractivity contribution is 5.81. The van der Waals surface area contributed by atoms with Gasteiger partial charge in [-0.25, -0.2) is 9.78 Å². The first-order valence-corrected chi connectivity index (χ1v) is 8.48. The van der Waals surface area contributed by atoms with E-state index in [2.05, 4.69) is 14.8 Å². The number of carbonyl (C=O) groups excluding carboxylic acids is 1. The molecule has 1 saturated carbocycles. The van der Waals surface area contributed by atoms with Crippen molar-refractivity contribution in [2.75, 3.05) is 0 Å². The summed E-state index contributed by atoms with van der Waals surface area (Å²) in [5.41, 5.74) is 4.52. The van der Waals surface area contributed by atoms with Gasteiger partial charge in [0, 0.05) is 6.04 Å². The summed E-state index contributed by atoms with van der Waals surface area (Å²) in [5.74, 6) is -2.18. The Morgan fingerprint density at radius 2 is 1.85 bits per heavy atom. The number of nitrogens with zero attached hydrogens (tertiary/aromatic N) is 2. The van der Waals surface area contributed by atoms with Crippen LogP contribution in [0.4, 0.5) is 13.2 Å². The van der Waals surface area contributed by atoms with Gasteiger partial charge in [0.1, 0.15) is 0 Å². The lowest BCUT2D eigenvalue weighted by Crippen LogP contribution is -2.35. The summed E-state index contributed by atoms with van der Waals surface area (Å²) in [6, 6.07) is 13.1. The summed E-state index contributed by atoms with van der Waals surface area (Å²) in [7, 11) is 0. The van der Waals surface area contributed by atoms with Crippen molar-refractivity contribution in [2.24, 2.45) is 0 Å². The van der Waals surface area contributed by atoms with Crippen LogP contribution in [0.25, 0.3) is 22.2 Å². The Hall–Kier alpha value is -2.87. The summed E-state index contributed by atoms with van der Waals surface area (Å²) in [5, 5.41) is 1.13. The van der Waals surface area contributed by atoms with Gasteiger partial charge in [0.15, 0.2) is 0 Å². The number of nitrogens with one attached hydrogen (secondary N) is 1. The number of aromatic amines is 1. The van der Waals surface area contributed by atoms with Gasteiger partial charge >= 0.3 is 12.1 Å². The number of carbonyl (C=O) groups is 1. The molecule has 0 bridgehead atoms. The number of fused-ring (bicyclic) bond motifs is 1. The van der Waals surface area contributed by atoms with Gasteiger partial charge in [0.05, 0.1) is 23.9 Å². The maximum atomic E-state index is 12.5. The molecule has 27 heavy (non-hydrogen) atoms. The van der Waals surface area contributed by atoms with E-state index in [1.165, 1.54) is 0 Å². The number of H-pyrrole nitrogens is 1. The first-order chi connectivity index (χ1) is 12.9. The zero-order valence-corrected chi connectivity index (χ0v) is 14.2. The lowest BCUT2D eigenvalue weighted by atomic mass is 10.0. The van der Waals surface area contributed by atoms with Gasteiger partial charge in [-0.05, 0) is 41.7 Å². The van der Waals surface area contributed by atoms with Crippen molar-refractivity contribution in [3.8, 4) is 11.1 Å². The van der Waals surface area contributed by atoms with Crippen molar-refractivity contribution in [1.82, 2.24) is 15.0 Å². The summed E-state index contributed by atoms with van der Waals surface area (Å²) in [6.07, 6.45) is -1.94. The molecule has 5 nitrogen and oxygen atoms in total. The molecular formula is C19H16F3N3O2. The Bertz CT molecular complexity index is 962. The van der Waals surface area contributed by atoms with E-state index in [1.807, 2.05) is 42.5 Å². The molecule has 1 aromatic heterocycles. The number of hydrogen-bond donors (Lipinski definition) is 1. The molecule has 2 aromatic carbocycles. The van der Waals surface area contributed by atoms with Gasteiger partial charge < -0.3 is 9.82 Å². The largest absolute Gasteiger partial charge is 0.492 e. The minimum atomic E-state index is -5.00. The van der Waals surface area contributed by atoms with Gasteiger partial charge in [-0.15, -0.1) is 5.06 Å². The SMILES string of the molecule is O=C(ON(Cc1ccc(-c2ccc3[nH]cnc3c2)cc1)C1CC1)C(F)(F)F. The van der Waals surface area contributed by atoms with Gasteiger partial charge in [-0.1, -0.05) is 30.3 Å². The second-order valence-corrected chi connectivity index (χ2v) is 6.51. The first kappa shape index (κ1) is 17.5. The van der Waals surface area contributed by atoms with Crippen molar-refractivity contribution in [3.63, 3.8) is 0 Å². The molecule has 140 valence electrons. The predicted octanol–water partition coefficient (Wildman–Crippen LogP) is 4.21. The molecule has 0 atom stereocenters. The molecule has 0 unspecified atom stereocenters. The molecule has 1 heterocycles. The normalized spacial score (nSPS) is 14.7. The molecule has 0 amide bonds. The third kappa shape index (κ3) is 3.95. The second-order valence-electron chi connectivity index (χ2n) is 6.51. The number of benzene rings is 2. The number of hydrogen-bond acceptors (Lipinski definition) is 4. The molecule has 0 spiro atoms. The standard InChI is InChI=1S/C19H16F3N3O2/c20-19(21,22)18(26)27-25(15-6-7-15)10-12-1-3-13(4-2-12)14-5-8-16-17(9-14)24-11-23-16/h1-5,8-9,11,15H,6-7,10H2,(H,23,24). The number of hydroxylamine groups is 2. The highest BCUT2D eigenvalue weighted by atomic mass is 19.4. The fraction of sp³-hybridized carbons (Fsp3) is 0.263. The average Bonchev–Trinajstić information content (AvgIpc) is 3.38. The second kappa shape index (κ2) is 6.70. The third-order valence-corrected chi connectivity index (χ3v) is 4.43. The number of halogens is 3. The zero-order chi connectivity index (χ0) is 19.0. The zero-order valence-electron chi connectivity index (χ0n) is 14.2. The molecular weight excluding hydrogens is 359 g/mol. The number of alkyl halides is 3. The average molecular weight is 375 g/mol. The van der Waals surface area contributed by atoms with Crippen LogP contribution >= 0.6 is 0 Å². The van der Waals surface area contributed by atoms with E-state index in [4.69, 9.17) is 0 Å². The molecule has 1 fully saturated rings. The summed E-state index contributed by atoms with van der Waals surface area (Å²) >= 11 is 0. The van der Waals surface area contributed by atoms with Crippen LogP contribution in [-0.4, -0.2) is 33.2 Å². The van der Waals surface area contributed by atoms with Crippen LogP contribution in [0.3, 0.4) is 0 Å². The molecule has 1 aliphatic rings. The van der Waals surface area contributed by atoms with E-state index in [0.29, 0.717) is 12.8 Å². The fourth-order valence-electron chi connectivity index (χ4n) is 2.85. The molecule has 4 rings (SSSR count). The number of imidazole rings is 1. The molecule has 3 aromatic rings. The van der Waals surface area contributed by atoms with Crippen LogP contribution in [0.15, 0.2) is 48.8 Å². The summed E-state index contributed by atoms with van der Waals surface area (Å²) < 4.78 is 37.4. The Labute approximate surface area is 152 Å². The van der Waals surface area contributed by atoms with Crippen molar-refractivity contribution in [1.29, 1.82) is 0 Å². The van der Waals surface area contributed by atoms with Crippen LogP contribution < -0.4 is 0 Å². The predicted molar refractivity (Wildman–Crippen MR) is 92.2 cm³/mol. The Balaban J connectivity index is 1.48. The quantitative estimate of drug-likeness (QED) is 0.679. The van der Waals surface area contributed by atoms with Crippen molar-refractivity contribution >= 4 is 17.0 Å². The van der Waals surface area contributed by atoms with E-state index in [1.54, 1.807) is 6.33 Å². The van der Waals surface area contributed by atoms with E-state index in [-0.39, 0.29) is 12.6 Å². The number of rotatable bonds is 5. The lowest BCUT2D eigenvalue weighted by molar-refractivity contribution is -0.243. The highest BCUT2D eigenvalue weighted by Crippen LogP contribution is 2.31. The van der Waals surface area contributed by atoms with Crippen LogP contribution in [-0.2, 0) is 16.2 Å². The minimum Gasteiger partial charge on any atom is -0.360 e. The van der Waals surface area contributed by atoms with E-state index < -0.39 is 12.1 Å². The summed E-state index contributed by atoms with van der Waals surface area (Å²) in [4.78, 5) is 22.9. The summed E-state index contributed by atoms with van der Waals surface area (Å²) in [6.45, 7) is 0.116. The van der Waals surface area contributed by atoms with E-state index in [0.717, 1.165) is 32.8 Å². The molecule has 8 heteroatoms. The smallest absolute Gasteiger partial charge is 0.360 e. The van der Waals surface area contributed by atoms with Crippen LogP contribution in [0, 0.1) is 0 Å². The topological polar surface area (TPSA) is 58.2 Å². The van der Waals surface area contributed by atoms with E-state index in [9.17, 15) is 18.0 Å². The fourth-order valence-corrected chi connectivity index (χ4v) is 2.85.